The van der Waals surface area contributed by atoms with E-state index >= 15 is 0 Å². The van der Waals surface area contributed by atoms with Crippen LogP contribution in [0, 0.1) is 13.8 Å². The highest BCUT2D eigenvalue weighted by Gasteiger charge is 2.12. The molecule has 2 aromatic rings. The van der Waals surface area contributed by atoms with Crippen LogP contribution in [0.4, 0.5) is 0 Å². The molecule has 0 saturated heterocycles. The average Bonchev–Trinajstić information content (AvgIpc) is 2.74. The Balaban J connectivity index is 2.24. The quantitative estimate of drug-likeness (QED) is 0.764. The van der Waals surface area contributed by atoms with Gasteiger partial charge in [0, 0.05) is 16.9 Å². The van der Waals surface area contributed by atoms with Crippen molar-refractivity contribution in [3.8, 4) is 0 Å². The molecule has 2 rings (SSSR count). The molecule has 4 heteroatoms. The van der Waals surface area contributed by atoms with Crippen molar-refractivity contribution < 1.29 is 4.79 Å². The zero-order valence-corrected chi connectivity index (χ0v) is 10.0. The van der Waals surface area contributed by atoms with Gasteiger partial charge < -0.3 is 0 Å². The molecule has 0 aliphatic carbocycles. The van der Waals surface area contributed by atoms with Crippen molar-refractivity contribution in [2.24, 2.45) is 0 Å². The smallest absolute Gasteiger partial charge is 0.170 e. The molecular formula is C12H12N2OS. The zero-order chi connectivity index (χ0) is 11.5. The van der Waals surface area contributed by atoms with Crippen LogP contribution in [0.3, 0.4) is 0 Å². The number of nitrogens with zero attached hydrogens (tertiary/aromatic N) is 2. The van der Waals surface area contributed by atoms with E-state index in [0.29, 0.717) is 17.7 Å². The highest BCUT2D eigenvalue weighted by atomic mass is 32.1. The summed E-state index contributed by atoms with van der Waals surface area (Å²) in [6, 6.07) is 5.73. The van der Waals surface area contributed by atoms with E-state index in [1.54, 1.807) is 17.4 Å². The van der Waals surface area contributed by atoms with Crippen molar-refractivity contribution in [2.75, 3.05) is 0 Å². The van der Waals surface area contributed by atoms with E-state index < -0.39 is 0 Å². The van der Waals surface area contributed by atoms with Crippen molar-refractivity contribution in [3.63, 3.8) is 0 Å². The summed E-state index contributed by atoms with van der Waals surface area (Å²) in [7, 11) is 0. The molecule has 0 aromatic carbocycles. The van der Waals surface area contributed by atoms with Gasteiger partial charge in [-0.15, -0.1) is 11.3 Å². The van der Waals surface area contributed by atoms with Crippen molar-refractivity contribution >= 4 is 17.1 Å². The molecule has 2 aromatic heterocycles. The Morgan fingerprint density at radius 1 is 1.38 bits per heavy atom. The number of carbonyl (C=O) groups is 1. The number of Topliss-reactive ketones (excluding diaryl/α,β-unsaturated/α-hetero) is 1. The van der Waals surface area contributed by atoms with Gasteiger partial charge in [0.05, 0.1) is 11.4 Å². The van der Waals surface area contributed by atoms with Crippen LogP contribution in [0.1, 0.15) is 26.6 Å². The van der Waals surface area contributed by atoms with Gasteiger partial charge in [-0.1, -0.05) is 6.07 Å². The Hall–Kier alpha value is -1.55. The minimum atomic E-state index is 0.109. The van der Waals surface area contributed by atoms with Gasteiger partial charge in [-0.2, -0.15) is 10.2 Å². The van der Waals surface area contributed by atoms with Gasteiger partial charge in [0.1, 0.15) is 0 Å². The first-order valence-electron chi connectivity index (χ1n) is 5.03. The second-order valence-electron chi connectivity index (χ2n) is 3.66. The first-order chi connectivity index (χ1) is 7.66. The number of rotatable bonds is 3. The summed E-state index contributed by atoms with van der Waals surface area (Å²) in [5, 5.41) is 9.86. The summed E-state index contributed by atoms with van der Waals surface area (Å²) < 4.78 is 0. The van der Waals surface area contributed by atoms with Crippen LogP contribution < -0.4 is 0 Å². The van der Waals surface area contributed by atoms with Crippen LogP contribution >= 0.6 is 11.3 Å². The summed E-state index contributed by atoms with van der Waals surface area (Å²) >= 11 is 1.60. The maximum Gasteiger partial charge on any atom is 0.170 e. The van der Waals surface area contributed by atoms with Crippen LogP contribution in [-0.4, -0.2) is 16.0 Å². The van der Waals surface area contributed by atoms with E-state index in [4.69, 9.17) is 0 Å². The molecule has 0 amide bonds. The fourth-order valence-corrected chi connectivity index (χ4v) is 2.20. The number of carbonyl (C=O) groups excluding carboxylic acids is 1. The molecule has 16 heavy (non-hydrogen) atoms. The standard InChI is InChI=1S/C12H12N2OS/c1-8-6-11(9(2)14-13-8)12(15)7-10-4-3-5-16-10/h3-6H,7H2,1-2H3. The molecule has 0 fully saturated rings. The summed E-state index contributed by atoms with van der Waals surface area (Å²) in [5.74, 6) is 0.109. The molecule has 0 aliphatic heterocycles. The Bertz CT molecular complexity index is 506. The normalized spacial score (nSPS) is 10.4. The third kappa shape index (κ3) is 2.33. The van der Waals surface area contributed by atoms with Crippen molar-refractivity contribution in [1.82, 2.24) is 10.2 Å². The third-order valence-corrected chi connectivity index (χ3v) is 3.19. The monoisotopic (exact) mass is 232 g/mol. The van der Waals surface area contributed by atoms with E-state index in [0.717, 1.165) is 10.6 Å². The van der Waals surface area contributed by atoms with Crippen LogP contribution in [0.25, 0.3) is 0 Å². The number of hydrogen-bond acceptors (Lipinski definition) is 4. The topological polar surface area (TPSA) is 42.9 Å². The number of aryl methyl sites for hydroxylation is 2. The molecule has 2 heterocycles. The van der Waals surface area contributed by atoms with E-state index in [-0.39, 0.29) is 5.78 Å². The van der Waals surface area contributed by atoms with Gasteiger partial charge in [-0.3, -0.25) is 4.79 Å². The lowest BCUT2D eigenvalue weighted by atomic mass is 10.1. The van der Waals surface area contributed by atoms with Gasteiger partial charge >= 0.3 is 0 Å². The fraction of sp³-hybridized carbons (Fsp3) is 0.250. The van der Waals surface area contributed by atoms with E-state index in [9.17, 15) is 4.79 Å². The average molecular weight is 232 g/mol. The van der Waals surface area contributed by atoms with Crippen molar-refractivity contribution in [2.45, 2.75) is 20.3 Å². The van der Waals surface area contributed by atoms with Crippen molar-refractivity contribution in [1.29, 1.82) is 0 Å². The molecule has 0 N–H and O–H groups in total. The molecule has 3 nitrogen and oxygen atoms in total. The SMILES string of the molecule is Cc1cc(C(=O)Cc2cccs2)c(C)nn1. The molecule has 0 radical (unpaired) electrons. The number of hydrogen-bond donors (Lipinski definition) is 0. The Labute approximate surface area is 98.2 Å². The minimum Gasteiger partial charge on any atom is -0.294 e. The van der Waals surface area contributed by atoms with Crippen LogP contribution in [0.15, 0.2) is 23.6 Å². The maximum atomic E-state index is 12.0. The second kappa shape index (κ2) is 4.53. The lowest BCUT2D eigenvalue weighted by Crippen LogP contribution is -2.07. The molecule has 0 saturated carbocycles. The van der Waals surface area contributed by atoms with E-state index in [1.807, 2.05) is 31.4 Å². The Morgan fingerprint density at radius 3 is 2.88 bits per heavy atom. The maximum absolute atomic E-state index is 12.0. The summed E-state index contributed by atoms with van der Waals surface area (Å²) in [6.07, 6.45) is 0.448. The Morgan fingerprint density at radius 2 is 2.19 bits per heavy atom. The Kier molecular flexibility index (Phi) is 3.10. The fourth-order valence-electron chi connectivity index (χ4n) is 1.50. The van der Waals surface area contributed by atoms with Gasteiger partial charge in [0.25, 0.3) is 0 Å². The van der Waals surface area contributed by atoms with Gasteiger partial charge in [0.2, 0.25) is 0 Å². The third-order valence-electron chi connectivity index (χ3n) is 2.32. The first-order valence-corrected chi connectivity index (χ1v) is 5.91. The predicted molar refractivity (Wildman–Crippen MR) is 63.9 cm³/mol. The minimum absolute atomic E-state index is 0.109. The highest BCUT2D eigenvalue weighted by Crippen LogP contribution is 2.14. The first kappa shape index (κ1) is 11.0. The summed E-state index contributed by atoms with van der Waals surface area (Å²) in [6.45, 7) is 3.66. The molecule has 82 valence electrons. The zero-order valence-electron chi connectivity index (χ0n) is 9.23. The van der Waals surface area contributed by atoms with Gasteiger partial charge in [-0.25, -0.2) is 0 Å². The van der Waals surface area contributed by atoms with Crippen LogP contribution in [0.2, 0.25) is 0 Å². The van der Waals surface area contributed by atoms with E-state index in [2.05, 4.69) is 10.2 Å². The van der Waals surface area contributed by atoms with Crippen LogP contribution in [0.5, 0.6) is 0 Å². The van der Waals surface area contributed by atoms with E-state index in [1.165, 1.54) is 0 Å². The summed E-state index contributed by atoms with van der Waals surface area (Å²) in [4.78, 5) is 13.1. The lowest BCUT2D eigenvalue weighted by molar-refractivity contribution is 0.0992. The molecule has 0 atom stereocenters. The number of ketones is 1. The number of aromatic nitrogens is 2. The van der Waals surface area contributed by atoms with Crippen LogP contribution in [-0.2, 0) is 6.42 Å². The summed E-state index contributed by atoms with van der Waals surface area (Å²) in [5.41, 5.74) is 2.16. The molecule has 0 unspecified atom stereocenters. The second-order valence-corrected chi connectivity index (χ2v) is 4.70. The molecule has 0 bridgehead atoms. The number of thiophene rings is 1. The molecule has 0 spiro atoms. The lowest BCUT2D eigenvalue weighted by Gasteiger charge is -2.03. The highest BCUT2D eigenvalue weighted by molar-refractivity contribution is 7.10. The largest absolute Gasteiger partial charge is 0.294 e. The van der Waals surface area contributed by atoms with Gasteiger partial charge in [0.15, 0.2) is 5.78 Å². The molecular weight excluding hydrogens is 220 g/mol. The predicted octanol–water partition coefficient (Wildman–Crippen LogP) is 2.58. The molecule has 0 aliphatic rings. The van der Waals surface area contributed by atoms with Gasteiger partial charge in [-0.05, 0) is 31.4 Å². The van der Waals surface area contributed by atoms with Crippen molar-refractivity contribution in [3.05, 3.63) is 45.4 Å².